The Hall–Kier alpha value is -1.09. The standard InChI is InChI=1S/C14H25NO2/c1-3-13(15)11-9-7-5-4-6-8-10-12-14(16)17-2/h6-9,13H,3-5,10-12,15H2,1-2H3. The van der Waals surface area contributed by atoms with Gasteiger partial charge in [0, 0.05) is 12.5 Å². The molecule has 17 heavy (non-hydrogen) atoms. The van der Waals surface area contributed by atoms with E-state index in [1.54, 1.807) is 0 Å². The third-order valence-corrected chi connectivity index (χ3v) is 2.54. The highest BCUT2D eigenvalue weighted by atomic mass is 16.5. The van der Waals surface area contributed by atoms with Crippen molar-refractivity contribution in [2.75, 3.05) is 7.11 Å². The average molecular weight is 239 g/mol. The zero-order valence-electron chi connectivity index (χ0n) is 11.0. The van der Waals surface area contributed by atoms with E-state index >= 15 is 0 Å². The second kappa shape index (κ2) is 11.4. The molecule has 0 aliphatic rings. The quantitative estimate of drug-likeness (QED) is 0.382. The molecule has 0 spiro atoms. The fourth-order valence-electron chi connectivity index (χ4n) is 1.29. The van der Waals surface area contributed by atoms with E-state index in [1.807, 2.05) is 6.08 Å². The van der Waals surface area contributed by atoms with E-state index < -0.39 is 0 Å². The van der Waals surface area contributed by atoms with Crippen LogP contribution in [0, 0.1) is 0 Å². The molecule has 0 fully saturated rings. The van der Waals surface area contributed by atoms with Gasteiger partial charge in [0.15, 0.2) is 0 Å². The molecule has 0 radical (unpaired) electrons. The van der Waals surface area contributed by atoms with E-state index in [0.717, 1.165) is 32.1 Å². The van der Waals surface area contributed by atoms with Crippen molar-refractivity contribution in [2.24, 2.45) is 5.73 Å². The molecule has 0 saturated heterocycles. The number of carbonyl (C=O) groups is 1. The number of hydrogen-bond acceptors (Lipinski definition) is 3. The number of unbranched alkanes of at least 4 members (excludes halogenated alkanes) is 1. The van der Waals surface area contributed by atoms with Crippen molar-refractivity contribution >= 4 is 5.97 Å². The van der Waals surface area contributed by atoms with Gasteiger partial charge in [-0.3, -0.25) is 4.79 Å². The maximum absolute atomic E-state index is 10.8. The summed E-state index contributed by atoms with van der Waals surface area (Å²) < 4.78 is 4.55. The van der Waals surface area contributed by atoms with Crippen molar-refractivity contribution in [2.45, 2.75) is 51.5 Å². The molecular weight excluding hydrogens is 214 g/mol. The van der Waals surface area contributed by atoms with Crippen molar-refractivity contribution in [1.82, 2.24) is 0 Å². The highest BCUT2D eigenvalue weighted by Crippen LogP contribution is 2.00. The van der Waals surface area contributed by atoms with Gasteiger partial charge in [-0.15, -0.1) is 0 Å². The number of allylic oxidation sites excluding steroid dienone is 3. The van der Waals surface area contributed by atoms with Crippen LogP contribution in [0.4, 0.5) is 0 Å². The van der Waals surface area contributed by atoms with E-state index in [0.29, 0.717) is 12.5 Å². The third kappa shape index (κ3) is 11.2. The molecule has 2 N–H and O–H groups in total. The second-order valence-electron chi connectivity index (χ2n) is 4.04. The van der Waals surface area contributed by atoms with Gasteiger partial charge >= 0.3 is 5.97 Å². The Balaban J connectivity index is 3.38. The minimum Gasteiger partial charge on any atom is -0.469 e. The predicted molar refractivity (Wildman–Crippen MR) is 71.6 cm³/mol. The van der Waals surface area contributed by atoms with Gasteiger partial charge in [0.1, 0.15) is 0 Å². The van der Waals surface area contributed by atoms with Crippen LogP contribution >= 0.6 is 0 Å². The first-order valence-electron chi connectivity index (χ1n) is 6.33. The first-order valence-corrected chi connectivity index (χ1v) is 6.33. The monoisotopic (exact) mass is 239 g/mol. The number of nitrogens with two attached hydrogens (primary N) is 1. The van der Waals surface area contributed by atoms with Gasteiger partial charge in [0.25, 0.3) is 0 Å². The fraction of sp³-hybridized carbons (Fsp3) is 0.643. The largest absolute Gasteiger partial charge is 0.469 e. The van der Waals surface area contributed by atoms with Crippen molar-refractivity contribution in [3.63, 3.8) is 0 Å². The Morgan fingerprint density at radius 2 is 1.76 bits per heavy atom. The van der Waals surface area contributed by atoms with Crippen LogP contribution < -0.4 is 5.73 Å². The molecule has 1 unspecified atom stereocenters. The molecule has 0 aliphatic carbocycles. The first kappa shape index (κ1) is 15.9. The number of carbonyl (C=O) groups excluding carboxylic acids is 1. The smallest absolute Gasteiger partial charge is 0.305 e. The van der Waals surface area contributed by atoms with Gasteiger partial charge in [-0.25, -0.2) is 0 Å². The molecule has 0 aromatic heterocycles. The number of esters is 1. The van der Waals surface area contributed by atoms with Gasteiger partial charge in [-0.1, -0.05) is 31.2 Å². The van der Waals surface area contributed by atoms with Crippen LogP contribution in [-0.4, -0.2) is 19.1 Å². The molecule has 0 bridgehead atoms. The zero-order valence-corrected chi connectivity index (χ0v) is 11.0. The molecule has 3 nitrogen and oxygen atoms in total. The lowest BCUT2D eigenvalue weighted by molar-refractivity contribution is -0.140. The SMILES string of the molecule is CCC(N)CC=CCCC=CCCC(=O)OC. The predicted octanol–water partition coefficient (Wildman–Crippen LogP) is 2.96. The van der Waals surface area contributed by atoms with Gasteiger partial charge in [0.05, 0.1) is 7.11 Å². The minimum atomic E-state index is -0.150. The molecule has 0 aliphatic heterocycles. The number of hydrogen-bond donors (Lipinski definition) is 1. The Bertz CT molecular complexity index is 247. The molecular formula is C14H25NO2. The van der Waals surface area contributed by atoms with Crippen LogP contribution in [0.1, 0.15) is 45.4 Å². The lowest BCUT2D eigenvalue weighted by atomic mass is 10.1. The topological polar surface area (TPSA) is 52.3 Å². The van der Waals surface area contributed by atoms with Crippen LogP contribution in [0.5, 0.6) is 0 Å². The average Bonchev–Trinajstić information content (AvgIpc) is 2.35. The van der Waals surface area contributed by atoms with Crippen LogP contribution in [0.25, 0.3) is 0 Å². The Morgan fingerprint density at radius 3 is 2.35 bits per heavy atom. The van der Waals surface area contributed by atoms with Gasteiger partial charge in [0.2, 0.25) is 0 Å². The number of ether oxygens (including phenoxy) is 1. The molecule has 1 atom stereocenters. The lowest BCUT2D eigenvalue weighted by Gasteiger charge is -2.02. The fourth-order valence-corrected chi connectivity index (χ4v) is 1.29. The summed E-state index contributed by atoms with van der Waals surface area (Å²) in [5, 5.41) is 0. The Morgan fingerprint density at radius 1 is 1.18 bits per heavy atom. The lowest BCUT2D eigenvalue weighted by Crippen LogP contribution is -2.16. The molecule has 0 saturated carbocycles. The summed E-state index contributed by atoms with van der Waals surface area (Å²) in [5.74, 6) is -0.150. The summed E-state index contributed by atoms with van der Waals surface area (Å²) in [6.07, 6.45) is 13.7. The second-order valence-corrected chi connectivity index (χ2v) is 4.04. The summed E-state index contributed by atoms with van der Waals surface area (Å²) in [6.45, 7) is 2.10. The Labute approximate surface area is 105 Å². The van der Waals surface area contributed by atoms with Crippen molar-refractivity contribution in [3.05, 3.63) is 24.3 Å². The molecule has 0 aromatic carbocycles. The highest BCUT2D eigenvalue weighted by molar-refractivity contribution is 5.69. The van der Waals surface area contributed by atoms with Crippen LogP contribution in [0.15, 0.2) is 24.3 Å². The van der Waals surface area contributed by atoms with Crippen molar-refractivity contribution in [3.8, 4) is 0 Å². The normalized spacial score (nSPS) is 13.4. The summed E-state index contributed by atoms with van der Waals surface area (Å²) in [5.41, 5.74) is 5.79. The van der Waals surface area contributed by atoms with Gasteiger partial charge in [-0.2, -0.15) is 0 Å². The van der Waals surface area contributed by atoms with Gasteiger partial charge < -0.3 is 10.5 Å². The zero-order chi connectivity index (χ0) is 12.9. The minimum absolute atomic E-state index is 0.150. The van der Waals surface area contributed by atoms with Crippen LogP contribution in [0.2, 0.25) is 0 Å². The maximum atomic E-state index is 10.8. The maximum Gasteiger partial charge on any atom is 0.305 e. The molecule has 0 rings (SSSR count). The Kier molecular flexibility index (Phi) is 10.7. The molecule has 0 aromatic rings. The molecule has 3 heteroatoms. The van der Waals surface area contributed by atoms with E-state index in [2.05, 4.69) is 29.9 Å². The van der Waals surface area contributed by atoms with Crippen molar-refractivity contribution < 1.29 is 9.53 Å². The number of methoxy groups -OCH3 is 1. The molecule has 0 amide bonds. The summed E-state index contributed by atoms with van der Waals surface area (Å²) >= 11 is 0. The van der Waals surface area contributed by atoms with E-state index in [4.69, 9.17) is 5.73 Å². The van der Waals surface area contributed by atoms with Crippen LogP contribution in [0.3, 0.4) is 0 Å². The van der Waals surface area contributed by atoms with Crippen molar-refractivity contribution in [1.29, 1.82) is 0 Å². The van der Waals surface area contributed by atoms with E-state index in [-0.39, 0.29) is 5.97 Å². The van der Waals surface area contributed by atoms with Gasteiger partial charge in [-0.05, 0) is 32.1 Å². The highest BCUT2D eigenvalue weighted by Gasteiger charge is 1.95. The van der Waals surface area contributed by atoms with Crippen LogP contribution in [-0.2, 0) is 9.53 Å². The number of rotatable bonds is 9. The molecule has 98 valence electrons. The third-order valence-electron chi connectivity index (χ3n) is 2.54. The summed E-state index contributed by atoms with van der Waals surface area (Å²) in [6, 6.07) is 0.293. The summed E-state index contributed by atoms with van der Waals surface area (Å²) in [7, 11) is 1.41. The molecule has 0 heterocycles. The first-order chi connectivity index (χ1) is 8.20. The summed E-state index contributed by atoms with van der Waals surface area (Å²) in [4.78, 5) is 10.8. The van der Waals surface area contributed by atoms with E-state index in [1.165, 1.54) is 7.11 Å². The van der Waals surface area contributed by atoms with E-state index in [9.17, 15) is 4.79 Å².